The Labute approximate surface area is 89.7 Å². The van der Waals surface area contributed by atoms with Gasteiger partial charge < -0.3 is 16.3 Å². The van der Waals surface area contributed by atoms with Crippen LogP contribution in [0.25, 0.3) is 0 Å². The Hall–Kier alpha value is -1.26. The second-order valence-corrected chi connectivity index (χ2v) is 4.74. The largest absolute Gasteiger partial charge is 0.409 e. The van der Waals surface area contributed by atoms with Crippen molar-refractivity contribution in [1.82, 2.24) is 5.32 Å². The van der Waals surface area contributed by atoms with Crippen LogP contribution in [0.5, 0.6) is 0 Å². The molecule has 1 saturated carbocycles. The minimum absolute atomic E-state index is 0.0199. The quantitative estimate of drug-likeness (QED) is 0.277. The first kappa shape index (κ1) is 11.8. The third-order valence-electron chi connectivity index (χ3n) is 3.03. The van der Waals surface area contributed by atoms with Crippen LogP contribution in [-0.4, -0.2) is 23.0 Å². The van der Waals surface area contributed by atoms with Crippen LogP contribution in [0.4, 0.5) is 0 Å². The maximum atomic E-state index is 11.7. The standard InChI is InChI=1S/C10H19N3O2/c1-4-6(8(11)13-15)9(14)12-7-5-10(7,2)3/h6-7,15H,4-5H2,1-3H3,(H2,11,13)(H,12,14). The SMILES string of the molecule is CCC(C(=O)NC1CC1(C)C)C(N)=NO. The summed E-state index contributed by atoms with van der Waals surface area (Å²) in [5.41, 5.74) is 5.63. The number of hydrogen-bond donors (Lipinski definition) is 3. The van der Waals surface area contributed by atoms with Crippen molar-refractivity contribution >= 4 is 11.7 Å². The minimum Gasteiger partial charge on any atom is -0.409 e. The van der Waals surface area contributed by atoms with Gasteiger partial charge in [0.2, 0.25) is 5.91 Å². The van der Waals surface area contributed by atoms with Gasteiger partial charge in [-0.05, 0) is 18.3 Å². The topological polar surface area (TPSA) is 87.7 Å². The lowest BCUT2D eigenvalue weighted by Crippen LogP contribution is -2.40. The fraction of sp³-hybridized carbons (Fsp3) is 0.800. The van der Waals surface area contributed by atoms with Crippen LogP contribution in [0.3, 0.4) is 0 Å². The van der Waals surface area contributed by atoms with E-state index in [1.54, 1.807) is 0 Å². The van der Waals surface area contributed by atoms with Gasteiger partial charge in [-0.25, -0.2) is 0 Å². The lowest BCUT2D eigenvalue weighted by Gasteiger charge is -2.14. The number of oxime groups is 1. The lowest BCUT2D eigenvalue weighted by molar-refractivity contribution is -0.123. The molecule has 1 fully saturated rings. The van der Waals surface area contributed by atoms with Gasteiger partial charge in [0.1, 0.15) is 0 Å². The van der Waals surface area contributed by atoms with E-state index in [1.807, 2.05) is 6.92 Å². The monoisotopic (exact) mass is 213 g/mol. The van der Waals surface area contributed by atoms with Gasteiger partial charge >= 0.3 is 0 Å². The summed E-state index contributed by atoms with van der Waals surface area (Å²) < 4.78 is 0. The van der Waals surface area contributed by atoms with Crippen molar-refractivity contribution in [3.8, 4) is 0 Å². The van der Waals surface area contributed by atoms with Crippen molar-refractivity contribution in [2.45, 2.75) is 39.7 Å². The molecular formula is C10H19N3O2. The Balaban J connectivity index is 2.52. The minimum atomic E-state index is -0.522. The van der Waals surface area contributed by atoms with E-state index < -0.39 is 5.92 Å². The van der Waals surface area contributed by atoms with Gasteiger partial charge in [0.15, 0.2) is 5.84 Å². The number of nitrogens with two attached hydrogens (primary N) is 1. The highest BCUT2D eigenvalue weighted by atomic mass is 16.4. The molecule has 1 amide bonds. The van der Waals surface area contributed by atoms with Crippen molar-refractivity contribution in [1.29, 1.82) is 0 Å². The molecule has 5 heteroatoms. The smallest absolute Gasteiger partial charge is 0.231 e. The molecule has 0 aliphatic heterocycles. The van der Waals surface area contributed by atoms with E-state index in [0.29, 0.717) is 6.42 Å². The summed E-state index contributed by atoms with van der Waals surface area (Å²) in [5.74, 6) is -0.691. The highest BCUT2D eigenvalue weighted by Gasteiger charge is 2.47. The molecule has 15 heavy (non-hydrogen) atoms. The number of nitrogens with zero attached hydrogens (tertiary/aromatic N) is 1. The molecule has 0 spiro atoms. The fourth-order valence-corrected chi connectivity index (χ4v) is 1.58. The van der Waals surface area contributed by atoms with Crippen molar-refractivity contribution in [3.05, 3.63) is 0 Å². The molecule has 86 valence electrons. The molecule has 0 aromatic heterocycles. The fourth-order valence-electron chi connectivity index (χ4n) is 1.58. The van der Waals surface area contributed by atoms with Gasteiger partial charge in [-0.3, -0.25) is 4.79 Å². The number of amides is 1. The van der Waals surface area contributed by atoms with Crippen LogP contribution in [0.1, 0.15) is 33.6 Å². The molecule has 0 radical (unpaired) electrons. The van der Waals surface area contributed by atoms with Crippen LogP contribution >= 0.6 is 0 Å². The molecule has 1 aliphatic carbocycles. The predicted molar refractivity (Wildman–Crippen MR) is 57.5 cm³/mol. The zero-order valence-electron chi connectivity index (χ0n) is 9.45. The molecular weight excluding hydrogens is 194 g/mol. The van der Waals surface area contributed by atoms with E-state index in [1.165, 1.54) is 0 Å². The summed E-state index contributed by atoms with van der Waals surface area (Å²) in [6.45, 7) is 6.03. The van der Waals surface area contributed by atoms with Gasteiger partial charge in [0, 0.05) is 6.04 Å². The van der Waals surface area contributed by atoms with Crippen molar-refractivity contribution in [3.63, 3.8) is 0 Å². The van der Waals surface area contributed by atoms with Gasteiger partial charge in [0.05, 0.1) is 5.92 Å². The van der Waals surface area contributed by atoms with Crippen molar-refractivity contribution < 1.29 is 10.0 Å². The van der Waals surface area contributed by atoms with Crippen LogP contribution in [-0.2, 0) is 4.79 Å². The second-order valence-electron chi connectivity index (χ2n) is 4.74. The molecule has 1 aliphatic rings. The average Bonchev–Trinajstić information content (AvgIpc) is 2.74. The Bertz CT molecular complexity index is 286. The zero-order chi connectivity index (χ0) is 11.6. The number of carbonyl (C=O) groups excluding carboxylic acids is 1. The summed E-state index contributed by atoms with van der Waals surface area (Å²) in [6, 6.07) is 0.227. The summed E-state index contributed by atoms with van der Waals surface area (Å²) in [7, 11) is 0. The first-order valence-electron chi connectivity index (χ1n) is 5.20. The molecule has 0 aromatic rings. The molecule has 2 atom stereocenters. The van der Waals surface area contributed by atoms with Crippen molar-refractivity contribution in [2.24, 2.45) is 22.2 Å². The van der Waals surface area contributed by atoms with Crippen LogP contribution < -0.4 is 11.1 Å². The summed E-state index contributed by atoms with van der Waals surface area (Å²) in [4.78, 5) is 11.7. The Morgan fingerprint density at radius 2 is 2.27 bits per heavy atom. The first-order chi connectivity index (χ1) is 6.92. The van der Waals surface area contributed by atoms with Crippen molar-refractivity contribution in [2.75, 3.05) is 0 Å². The van der Waals surface area contributed by atoms with E-state index in [9.17, 15) is 4.79 Å². The third kappa shape index (κ3) is 2.61. The Morgan fingerprint density at radius 1 is 1.73 bits per heavy atom. The number of amidine groups is 1. The Kier molecular flexibility index (Phi) is 3.21. The van der Waals surface area contributed by atoms with E-state index in [-0.39, 0.29) is 23.2 Å². The molecule has 2 unspecified atom stereocenters. The summed E-state index contributed by atoms with van der Waals surface area (Å²) >= 11 is 0. The molecule has 0 bridgehead atoms. The second kappa shape index (κ2) is 4.08. The van der Waals surface area contributed by atoms with Crippen LogP contribution in [0, 0.1) is 11.3 Å². The van der Waals surface area contributed by atoms with Gasteiger partial charge in [-0.2, -0.15) is 0 Å². The number of carbonyl (C=O) groups is 1. The van der Waals surface area contributed by atoms with Crippen LogP contribution in [0.15, 0.2) is 5.16 Å². The molecule has 0 aromatic carbocycles. The molecule has 4 N–H and O–H groups in total. The van der Waals surface area contributed by atoms with E-state index in [2.05, 4.69) is 24.3 Å². The van der Waals surface area contributed by atoms with Gasteiger partial charge in [-0.15, -0.1) is 0 Å². The average molecular weight is 213 g/mol. The molecule has 1 rings (SSSR count). The summed E-state index contributed by atoms with van der Waals surface area (Å²) in [6.07, 6.45) is 1.53. The van der Waals surface area contributed by atoms with E-state index in [0.717, 1.165) is 6.42 Å². The maximum Gasteiger partial charge on any atom is 0.231 e. The zero-order valence-corrected chi connectivity index (χ0v) is 9.45. The molecule has 5 nitrogen and oxygen atoms in total. The number of hydrogen-bond acceptors (Lipinski definition) is 3. The maximum absolute atomic E-state index is 11.7. The third-order valence-corrected chi connectivity index (χ3v) is 3.03. The predicted octanol–water partition coefficient (Wildman–Crippen LogP) is 0.674. The highest BCUT2D eigenvalue weighted by molar-refractivity contribution is 6.02. The Morgan fingerprint density at radius 3 is 2.60 bits per heavy atom. The first-order valence-corrected chi connectivity index (χ1v) is 5.20. The van der Waals surface area contributed by atoms with E-state index >= 15 is 0 Å². The highest BCUT2D eigenvalue weighted by Crippen LogP contribution is 2.44. The van der Waals surface area contributed by atoms with E-state index in [4.69, 9.17) is 10.9 Å². The van der Waals surface area contributed by atoms with Crippen LogP contribution in [0.2, 0.25) is 0 Å². The molecule has 0 saturated heterocycles. The summed E-state index contributed by atoms with van der Waals surface area (Å²) in [5, 5.41) is 14.3. The number of nitrogens with one attached hydrogen (secondary N) is 1. The van der Waals surface area contributed by atoms with Gasteiger partial charge in [-0.1, -0.05) is 25.9 Å². The molecule has 0 heterocycles. The lowest BCUT2D eigenvalue weighted by atomic mass is 10.0. The normalized spacial score (nSPS) is 25.8. The van der Waals surface area contributed by atoms with Gasteiger partial charge in [0.25, 0.3) is 0 Å². The number of rotatable bonds is 4.